The second-order valence-corrected chi connectivity index (χ2v) is 11.8. The predicted octanol–water partition coefficient (Wildman–Crippen LogP) is 7.61. The number of hydrogen-bond donors (Lipinski definition) is 0. The predicted molar refractivity (Wildman–Crippen MR) is 147 cm³/mol. The van der Waals surface area contributed by atoms with E-state index in [9.17, 15) is 4.79 Å². The van der Waals surface area contributed by atoms with Gasteiger partial charge in [0.1, 0.15) is 30.2 Å². The average molecular weight is 517 g/mol. The van der Waals surface area contributed by atoms with E-state index in [4.69, 9.17) is 14.2 Å². The maximum atomic E-state index is 15.0. The standard InChI is InChI=1S/C33H37FO4/c1-32(2,3)31(37-5)28-16-21(6-10-26(28)27-17-24(36-4)9-11-30(27)34)20-38-25-8-7-22-12-14-33(29(22)18-25)15-13-23(33)19-35/h6-11,16-19,23,31H,12-15,20H2,1-5H3/t23-,31-,33+/m1/s1. The van der Waals surface area contributed by atoms with Crippen LogP contribution >= 0.6 is 0 Å². The summed E-state index contributed by atoms with van der Waals surface area (Å²) in [7, 11) is 3.27. The third kappa shape index (κ3) is 4.62. The normalized spacial score (nSPS) is 21.1. The first kappa shape index (κ1) is 26.4. The Morgan fingerprint density at radius 2 is 1.79 bits per heavy atom. The first-order valence-electron chi connectivity index (χ1n) is 13.4. The molecule has 0 aromatic heterocycles. The van der Waals surface area contributed by atoms with Gasteiger partial charge in [0.25, 0.3) is 0 Å². The van der Waals surface area contributed by atoms with E-state index in [-0.39, 0.29) is 28.7 Å². The molecule has 2 aliphatic rings. The van der Waals surface area contributed by atoms with E-state index in [2.05, 4.69) is 39.0 Å². The molecule has 0 bridgehead atoms. The lowest BCUT2D eigenvalue weighted by atomic mass is 9.58. The van der Waals surface area contributed by atoms with Crippen LogP contribution in [-0.2, 0) is 28.0 Å². The van der Waals surface area contributed by atoms with E-state index in [1.165, 1.54) is 17.2 Å². The molecule has 4 nitrogen and oxygen atoms in total. The highest BCUT2D eigenvalue weighted by atomic mass is 19.1. The smallest absolute Gasteiger partial charge is 0.131 e. The number of aldehydes is 1. The molecular formula is C33H37FO4. The SMILES string of the molecule is COc1ccc(F)c(-c2ccc(COc3ccc4c(c3)[C@@]3(CC4)CC[C@@H]3C=O)cc2[C@@H](OC)C(C)(C)C)c1. The molecule has 0 N–H and O–H groups in total. The van der Waals surface area contributed by atoms with Gasteiger partial charge in [-0.1, -0.05) is 39.0 Å². The van der Waals surface area contributed by atoms with Crippen LogP contribution in [0.3, 0.4) is 0 Å². The van der Waals surface area contributed by atoms with Crippen molar-refractivity contribution >= 4 is 6.29 Å². The van der Waals surface area contributed by atoms with Crippen molar-refractivity contribution in [3.8, 4) is 22.6 Å². The van der Waals surface area contributed by atoms with Gasteiger partial charge in [0.05, 0.1) is 13.2 Å². The Hall–Kier alpha value is -3.18. The van der Waals surface area contributed by atoms with Gasteiger partial charge in [-0.15, -0.1) is 0 Å². The second kappa shape index (κ2) is 10.2. The zero-order chi connectivity index (χ0) is 27.1. The summed E-state index contributed by atoms with van der Waals surface area (Å²) in [5.74, 6) is 1.22. The molecule has 5 heteroatoms. The van der Waals surface area contributed by atoms with Crippen LogP contribution in [0, 0.1) is 17.2 Å². The third-order valence-corrected chi connectivity index (χ3v) is 8.52. The largest absolute Gasteiger partial charge is 0.497 e. The number of hydrogen-bond acceptors (Lipinski definition) is 4. The topological polar surface area (TPSA) is 44.8 Å². The number of carbonyl (C=O) groups is 1. The summed E-state index contributed by atoms with van der Waals surface area (Å²) in [6, 6.07) is 17.1. The number of rotatable bonds is 8. The van der Waals surface area contributed by atoms with Crippen molar-refractivity contribution in [1.29, 1.82) is 0 Å². The molecule has 5 rings (SSSR count). The minimum Gasteiger partial charge on any atom is -0.497 e. The Kier molecular flexibility index (Phi) is 7.08. The number of ether oxygens (including phenoxy) is 3. The van der Waals surface area contributed by atoms with E-state index < -0.39 is 0 Å². The Labute approximate surface area is 225 Å². The monoisotopic (exact) mass is 516 g/mol. The van der Waals surface area contributed by atoms with Crippen LogP contribution in [-0.4, -0.2) is 20.5 Å². The second-order valence-electron chi connectivity index (χ2n) is 11.8. The Morgan fingerprint density at radius 3 is 2.45 bits per heavy atom. The van der Waals surface area contributed by atoms with Crippen LogP contribution < -0.4 is 9.47 Å². The van der Waals surface area contributed by atoms with Crippen molar-refractivity contribution < 1.29 is 23.4 Å². The summed E-state index contributed by atoms with van der Waals surface area (Å²) >= 11 is 0. The molecule has 2 aliphatic carbocycles. The molecule has 1 fully saturated rings. The van der Waals surface area contributed by atoms with Gasteiger partial charge < -0.3 is 19.0 Å². The minimum atomic E-state index is -0.309. The van der Waals surface area contributed by atoms with Crippen molar-refractivity contribution in [2.24, 2.45) is 11.3 Å². The van der Waals surface area contributed by atoms with E-state index in [0.29, 0.717) is 17.9 Å². The summed E-state index contributed by atoms with van der Waals surface area (Å²) in [6.45, 7) is 6.72. The molecular weight excluding hydrogens is 479 g/mol. The first-order valence-corrected chi connectivity index (χ1v) is 13.4. The van der Waals surface area contributed by atoms with Gasteiger partial charge in [-0.2, -0.15) is 0 Å². The highest BCUT2D eigenvalue weighted by Crippen LogP contribution is 2.56. The molecule has 38 heavy (non-hydrogen) atoms. The van der Waals surface area contributed by atoms with Gasteiger partial charge in [0, 0.05) is 24.0 Å². The lowest BCUT2D eigenvalue weighted by Crippen LogP contribution is -2.43. The molecule has 3 aromatic rings. The lowest BCUT2D eigenvalue weighted by Gasteiger charge is -2.45. The molecule has 0 unspecified atom stereocenters. The molecule has 200 valence electrons. The Bertz CT molecular complexity index is 1340. The number of aryl methyl sites for hydroxylation is 1. The maximum Gasteiger partial charge on any atom is 0.131 e. The number of fused-ring (bicyclic) bond motifs is 2. The number of benzene rings is 3. The Morgan fingerprint density at radius 1 is 1.00 bits per heavy atom. The Balaban J connectivity index is 1.46. The third-order valence-electron chi connectivity index (χ3n) is 8.52. The zero-order valence-electron chi connectivity index (χ0n) is 23.0. The number of carbonyl (C=O) groups excluding carboxylic acids is 1. The average Bonchev–Trinajstić information content (AvgIpc) is 3.28. The molecule has 3 atom stereocenters. The quantitative estimate of drug-likeness (QED) is 0.289. The number of methoxy groups -OCH3 is 2. The van der Waals surface area contributed by atoms with Crippen LogP contribution in [0.1, 0.15) is 68.4 Å². The molecule has 0 radical (unpaired) electrons. The fourth-order valence-electron chi connectivity index (χ4n) is 6.44. The molecule has 0 aliphatic heterocycles. The summed E-state index contributed by atoms with van der Waals surface area (Å²) in [6.07, 6.45) is 5.00. The highest BCUT2D eigenvalue weighted by Gasteiger charge is 2.51. The van der Waals surface area contributed by atoms with Gasteiger partial charge in [0.15, 0.2) is 0 Å². The molecule has 1 saturated carbocycles. The summed E-state index contributed by atoms with van der Waals surface area (Å²) in [5.41, 5.74) is 5.55. The molecule has 0 amide bonds. The summed E-state index contributed by atoms with van der Waals surface area (Å²) in [5, 5.41) is 0. The van der Waals surface area contributed by atoms with E-state index >= 15 is 4.39 Å². The first-order chi connectivity index (χ1) is 18.2. The zero-order valence-corrected chi connectivity index (χ0v) is 23.0. The molecule has 0 heterocycles. The van der Waals surface area contributed by atoms with E-state index in [0.717, 1.165) is 54.4 Å². The van der Waals surface area contributed by atoms with Gasteiger partial charge in [-0.05, 0) is 95.3 Å². The van der Waals surface area contributed by atoms with Crippen LogP contribution in [0.2, 0.25) is 0 Å². The molecule has 3 aromatic carbocycles. The van der Waals surface area contributed by atoms with Crippen molar-refractivity contribution in [3.63, 3.8) is 0 Å². The summed E-state index contributed by atoms with van der Waals surface area (Å²) < 4.78 is 32.6. The van der Waals surface area contributed by atoms with Crippen molar-refractivity contribution in [2.75, 3.05) is 14.2 Å². The van der Waals surface area contributed by atoms with Gasteiger partial charge >= 0.3 is 0 Å². The minimum absolute atomic E-state index is 0.00444. The van der Waals surface area contributed by atoms with Crippen molar-refractivity contribution in [1.82, 2.24) is 0 Å². The van der Waals surface area contributed by atoms with Crippen LogP contribution in [0.5, 0.6) is 11.5 Å². The van der Waals surface area contributed by atoms with Crippen LogP contribution in [0.25, 0.3) is 11.1 Å². The van der Waals surface area contributed by atoms with Gasteiger partial charge in [-0.3, -0.25) is 0 Å². The number of halogens is 1. The molecule has 1 spiro atoms. The van der Waals surface area contributed by atoms with Crippen LogP contribution in [0.15, 0.2) is 54.6 Å². The lowest BCUT2D eigenvalue weighted by molar-refractivity contribution is -0.116. The fraction of sp³-hybridized carbons (Fsp3) is 0.424. The maximum absolute atomic E-state index is 15.0. The summed E-state index contributed by atoms with van der Waals surface area (Å²) in [4.78, 5) is 11.7. The fourth-order valence-corrected chi connectivity index (χ4v) is 6.44. The van der Waals surface area contributed by atoms with E-state index in [1.54, 1.807) is 26.4 Å². The van der Waals surface area contributed by atoms with Gasteiger partial charge in [-0.25, -0.2) is 4.39 Å². The van der Waals surface area contributed by atoms with Crippen molar-refractivity contribution in [3.05, 3.63) is 82.7 Å². The van der Waals surface area contributed by atoms with Crippen LogP contribution in [0.4, 0.5) is 4.39 Å². The highest BCUT2D eigenvalue weighted by molar-refractivity contribution is 5.70. The van der Waals surface area contributed by atoms with Gasteiger partial charge in [0.2, 0.25) is 0 Å². The van der Waals surface area contributed by atoms with Crippen molar-refractivity contribution in [2.45, 2.75) is 64.6 Å². The molecule has 0 saturated heterocycles. The van der Waals surface area contributed by atoms with E-state index in [1.807, 2.05) is 18.2 Å².